The maximum absolute atomic E-state index is 12.3. The molecule has 0 amide bonds. The molecule has 3 aromatic rings. The van der Waals surface area contributed by atoms with Crippen molar-refractivity contribution in [1.29, 1.82) is 0 Å². The Morgan fingerprint density at radius 1 is 1.12 bits per heavy atom. The van der Waals surface area contributed by atoms with Gasteiger partial charge in [-0.1, -0.05) is 41.9 Å². The number of aliphatic imine (C=N–C) groups is 1. The smallest absolute Gasteiger partial charge is 0.363 e. The molecule has 0 radical (unpaired) electrons. The van der Waals surface area contributed by atoms with Gasteiger partial charge < -0.3 is 9.47 Å². The van der Waals surface area contributed by atoms with Crippen molar-refractivity contribution < 1.29 is 19.2 Å². The molecule has 0 saturated carbocycles. The number of cyclic esters (lactones) is 1. The predicted octanol–water partition coefficient (Wildman–Crippen LogP) is 5.48. The lowest BCUT2D eigenvalue weighted by atomic mass is 10.1. The number of esters is 1. The second-order valence-electron chi connectivity index (χ2n) is 7.09. The van der Waals surface area contributed by atoms with Gasteiger partial charge in [-0.25, -0.2) is 9.79 Å². The second kappa shape index (κ2) is 9.03. The number of halogens is 1. The Balaban J connectivity index is 1.54. The van der Waals surface area contributed by atoms with Crippen LogP contribution in [0.1, 0.15) is 22.3 Å². The molecule has 0 N–H and O–H groups in total. The first-order chi connectivity index (χ1) is 15.4. The van der Waals surface area contributed by atoms with Crippen molar-refractivity contribution in [2.24, 2.45) is 4.99 Å². The van der Waals surface area contributed by atoms with Crippen LogP contribution in [0.2, 0.25) is 5.02 Å². The molecule has 7 nitrogen and oxygen atoms in total. The fraction of sp³-hybridized carbons (Fsp3) is 0.0833. The van der Waals surface area contributed by atoms with E-state index in [0.717, 1.165) is 5.56 Å². The Labute approximate surface area is 188 Å². The van der Waals surface area contributed by atoms with Gasteiger partial charge in [-0.05, 0) is 54.5 Å². The van der Waals surface area contributed by atoms with E-state index in [0.29, 0.717) is 34.1 Å². The van der Waals surface area contributed by atoms with Crippen molar-refractivity contribution in [1.82, 2.24) is 0 Å². The van der Waals surface area contributed by atoms with Gasteiger partial charge >= 0.3 is 5.97 Å². The Hall–Kier alpha value is -3.97. The summed E-state index contributed by atoms with van der Waals surface area (Å²) in [6.45, 7) is 1.98. The van der Waals surface area contributed by atoms with Crippen LogP contribution in [0.4, 0.5) is 5.69 Å². The van der Waals surface area contributed by atoms with Gasteiger partial charge in [0.05, 0.1) is 4.92 Å². The topological polar surface area (TPSA) is 91.0 Å². The highest BCUT2D eigenvalue weighted by Gasteiger charge is 2.25. The van der Waals surface area contributed by atoms with Gasteiger partial charge in [0, 0.05) is 22.2 Å². The van der Waals surface area contributed by atoms with Crippen LogP contribution in [0.15, 0.2) is 77.4 Å². The van der Waals surface area contributed by atoms with Crippen LogP contribution >= 0.6 is 11.6 Å². The second-order valence-corrected chi connectivity index (χ2v) is 7.52. The number of rotatable bonds is 6. The van der Waals surface area contributed by atoms with E-state index in [9.17, 15) is 14.9 Å². The summed E-state index contributed by atoms with van der Waals surface area (Å²) in [5.41, 5.74) is 2.52. The highest BCUT2D eigenvalue weighted by molar-refractivity contribution is 6.30. The van der Waals surface area contributed by atoms with Crippen molar-refractivity contribution in [3.63, 3.8) is 0 Å². The summed E-state index contributed by atoms with van der Waals surface area (Å²) in [5, 5.41) is 11.8. The van der Waals surface area contributed by atoms with Crippen LogP contribution in [0.3, 0.4) is 0 Å². The van der Waals surface area contributed by atoms with Crippen molar-refractivity contribution in [2.75, 3.05) is 0 Å². The molecule has 32 heavy (non-hydrogen) atoms. The monoisotopic (exact) mass is 448 g/mol. The van der Waals surface area contributed by atoms with Crippen molar-refractivity contribution in [2.45, 2.75) is 13.5 Å². The van der Waals surface area contributed by atoms with E-state index in [1.807, 2.05) is 18.2 Å². The summed E-state index contributed by atoms with van der Waals surface area (Å²) in [6.07, 6.45) is 1.57. The van der Waals surface area contributed by atoms with E-state index >= 15 is 0 Å². The minimum absolute atomic E-state index is 0.0257. The van der Waals surface area contributed by atoms with E-state index in [4.69, 9.17) is 21.1 Å². The molecule has 0 saturated heterocycles. The molecule has 4 rings (SSSR count). The average molecular weight is 449 g/mol. The van der Waals surface area contributed by atoms with Gasteiger partial charge in [0.2, 0.25) is 5.90 Å². The summed E-state index contributed by atoms with van der Waals surface area (Å²) < 4.78 is 11.0. The lowest BCUT2D eigenvalue weighted by Crippen LogP contribution is -2.06. The highest BCUT2D eigenvalue weighted by Crippen LogP contribution is 2.25. The number of nitro benzene ring substituents is 1. The van der Waals surface area contributed by atoms with Crippen LogP contribution in [0.5, 0.6) is 5.75 Å². The van der Waals surface area contributed by atoms with Crippen LogP contribution in [-0.2, 0) is 16.1 Å². The number of nitrogens with zero attached hydrogens (tertiary/aromatic N) is 2. The van der Waals surface area contributed by atoms with E-state index in [1.54, 1.807) is 55.5 Å². The molecule has 160 valence electrons. The Morgan fingerprint density at radius 3 is 2.72 bits per heavy atom. The van der Waals surface area contributed by atoms with Crippen LogP contribution < -0.4 is 4.74 Å². The van der Waals surface area contributed by atoms with Gasteiger partial charge in [0.15, 0.2) is 5.70 Å². The number of ether oxygens (including phenoxy) is 2. The predicted molar refractivity (Wildman–Crippen MR) is 121 cm³/mol. The quantitative estimate of drug-likeness (QED) is 0.215. The minimum Gasteiger partial charge on any atom is -0.489 e. The summed E-state index contributed by atoms with van der Waals surface area (Å²) in [4.78, 5) is 27.2. The first-order valence-corrected chi connectivity index (χ1v) is 10.0. The number of hydrogen-bond acceptors (Lipinski definition) is 6. The van der Waals surface area contributed by atoms with E-state index < -0.39 is 10.9 Å². The molecule has 8 heteroatoms. The third kappa shape index (κ3) is 4.84. The molecule has 3 aromatic carbocycles. The summed E-state index contributed by atoms with van der Waals surface area (Å²) >= 11 is 6.00. The van der Waals surface area contributed by atoms with Gasteiger partial charge in [-0.3, -0.25) is 10.1 Å². The van der Waals surface area contributed by atoms with Crippen molar-refractivity contribution in [3.8, 4) is 5.75 Å². The first kappa shape index (κ1) is 21.3. The lowest BCUT2D eigenvalue weighted by Gasteiger charge is -2.07. The summed E-state index contributed by atoms with van der Waals surface area (Å²) in [5.74, 6) is 0.00948. The highest BCUT2D eigenvalue weighted by atomic mass is 35.5. The summed E-state index contributed by atoms with van der Waals surface area (Å²) in [6, 6.07) is 19.1. The van der Waals surface area contributed by atoms with Crippen LogP contribution in [0, 0.1) is 17.0 Å². The van der Waals surface area contributed by atoms with E-state index in [1.165, 1.54) is 6.07 Å². The van der Waals surface area contributed by atoms with Gasteiger partial charge in [-0.15, -0.1) is 0 Å². The lowest BCUT2D eigenvalue weighted by molar-refractivity contribution is -0.385. The molecule has 0 aromatic heterocycles. The zero-order valence-electron chi connectivity index (χ0n) is 16.9. The standard InChI is InChI=1S/C24H17ClN2O5/c1-15-8-9-18(13-22(15)27(29)30)23-26-21(24(28)32-23)12-16-4-3-7-20(11-16)31-14-17-5-2-6-19(25)10-17/h2-13H,14H2,1H3/b21-12-. The van der Waals surface area contributed by atoms with E-state index in [2.05, 4.69) is 4.99 Å². The number of nitro groups is 1. The molecule has 0 aliphatic carbocycles. The SMILES string of the molecule is Cc1ccc(C2=N/C(=C\c3cccc(OCc4cccc(Cl)c4)c3)C(=O)O2)cc1[N+](=O)[O-]. The van der Waals surface area contributed by atoms with Gasteiger partial charge in [0.25, 0.3) is 5.69 Å². The zero-order valence-corrected chi connectivity index (χ0v) is 17.7. The number of aryl methyl sites for hydroxylation is 1. The molecule has 0 spiro atoms. The maximum Gasteiger partial charge on any atom is 0.363 e. The Bertz CT molecular complexity index is 1280. The Kier molecular flexibility index (Phi) is 6.00. The van der Waals surface area contributed by atoms with E-state index in [-0.39, 0.29) is 17.3 Å². The Morgan fingerprint density at radius 2 is 1.94 bits per heavy atom. The minimum atomic E-state index is -0.631. The number of carbonyl (C=O) groups excluding carboxylic acids is 1. The van der Waals surface area contributed by atoms with Crippen LogP contribution in [0.25, 0.3) is 6.08 Å². The third-order valence-electron chi connectivity index (χ3n) is 4.73. The molecule has 1 heterocycles. The first-order valence-electron chi connectivity index (χ1n) is 9.64. The molecule has 1 aliphatic rings. The number of carbonyl (C=O) groups is 1. The molecular formula is C24H17ClN2O5. The molecule has 1 aliphatic heterocycles. The normalized spacial score (nSPS) is 14.2. The third-order valence-corrected chi connectivity index (χ3v) is 4.96. The molecule has 0 fully saturated rings. The van der Waals surface area contributed by atoms with Gasteiger partial charge in [-0.2, -0.15) is 0 Å². The number of benzene rings is 3. The van der Waals surface area contributed by atoms with Gasteiger partial charge in [0.1, 0.15) is 12.4 Å². The van der Waals surface area contributed by atoms with Crippen molar-refractivity contribution in [3.05, 3.63) is 110 Å². The molecular weight excluding hydrogens is 432 g/mol. The zero-order chi connectivity index (χ0) is 22.7. The molecule has 0 bridgehead atoms. The molecule has 0 atom stereocenters. The van der Waals surface area contributed by atoms with Crippen molar-refractivity contribution >= 4 is 35.2 Å². The van der Waals surface area contributed by atoms with Crippen LogP contribution in [-0.4, -0.2) is 16.8 Å². The molecule has 0 unspecified atom stereocenters. The number of hydrogen-bond donors (Lipinski definition) is 0. The maximum atomic E-state index is 12.3. The fourth-order valence-electron chi connectivity index (χ4n) is 3.12. The summed E-state index contributed by atoms with van der Waals surface area (Å²) in [7, 11) is 0. The fourth-order valence-corrected chi connectivity index (χ4v) is 3.33. The largest absolute Gasteiger partial charge is 0.489 e. The average Bonchev–Trinajstić information content (AvgIpc) is 3.13.